The Morgan fingerprint density at radius 3 is 2.67 bits per heavy atom. The van der Waals surface area contributed by atoms with Gasteiger partial charge in [0.1, 0.15) is 0 Å². The molecule has 0 radical (unpaired) electrons. The van der Waals surface area contributed by atoms with E-state index >= 15 is 0 Å². The van der Waals surface area contributed by atoms with E-state index in [0.29, 0.717) is 0 Å². The Labute approximate surface area is 75.5 Å². The standard InChI is InChI=1S/C10H16BN/c1-5-6-9(11-4)10-7(2)12-8(10)3/h6,11-12H,2,5H2,1,3-4H3/b9-6-. The second kappa shape index (κ2) is 3.66. The Balaban J connectivity index is 2.88. The first-order valence-electron chi connectivity index (χ1n) is 4.57. The average Bonchev–Trinajstić information content (AvgIpc) is 2.03. The molecule has 0 atom stereocenters. The van der Waals surface area contributed by atoms with Gasteiger partial charge in [0.05, 0.1) is 0 Å². The fourth-order valence-electron chi connectivity index (χ4n) is 1.62. The van der Waals surface area contributed by atoms with Crippen LogP contribution in [-0.2, 0) is 0 Å². The largest absolute Gasteiger partial charge is 0.359 e. The van der Waals surface area contributed by atoms with E-state index in [2.05, 4.69) is 38.6 Å². The Kier molecular flexibility index (Phi) is 2.80. The van der Waals surface area contributed by atoms with Crippen molar-refractivity contribution in [3.05, 3.63) is 35.1 Å². The molecule has 0 aromatic rings. The van der Waals surface area contributed by atoms with Crippen LogP contribution in [0.3, 0.4) is 0 Å². The van der Waals surface area contributed by atoms with E-state index in [-0.39, 0.29) is 0 Å². The highest BCUT2D eigenvalue weighted by molar-refractivity contribution is 6.45. The molecular weight excluding hydrogens is 145 g/mol. The molecule has 1 N–H and O–H groups in total. The van der Waals surface area contributed by atoms with E-state index in [1.165, 1.54) is 16.7 Å². The number of hydrogen-bond acceptors (Lipinski definition) is 1. The molecule has 0 saturated carbocycles. The molecule has 1 aliphatic heterocycles. The van der Waals surface area contributed by atoms with Crippen molar-refractivity contribution in [1.29, 1.82) is 0 Å². The van der Waals surface area contributed by atoms with Gasteiger partial charge in [-0.25, -0.2) is 0 Å². The van der Waals surface area contributed by atoms with Crippen LogP contribution in [0.25, 0.3) is 0 Å². The average molecular weight is 161 g/mol. The summed E-state index contributed by atoms with van der Waals surface area (Å²) < 4.78 is 0. The highest BCUT2D eigenvalue weighted by atomic mass is 15.0. The molecule has 0 aromatic heterocycles. The van der Waals surface area contributed by atoms with Crippen molar-refractivity contribution in [3.8, 4) is 0 Å². The first-order valence-corrected chi connectivity index (χ1v) is 4.57. The van der Waals surface area contributed by atoms with Gasteiger partial charge in [0, 0.05) is 17.0 Å². The Morgan fingerprint density at radius 2 is 2.33 bits per heavy atom. The first kappa shape index (κ1) is 9.18. The molecule has 0 aliphatic carbocycles. The van der Waals surface area contributed by atoms with E-state index < -0.39 is 0 Å². The van der Waals surface area contributed by atoms with Gasteiger partial charge in [0.2, 0.25) is 0 Å². The lowest BCUT2D eigenvalue weighted by molar-refractivity contribution is 0.882. The van der Waals surface area contributed by atoms with E-state index in [0.717, 1.165) is 19.4 Å². The maximum atomic E-state index is 3.93. The van der Waals surface area contributed by atoms with Gasteiger partial charge in [0.25, 0.3) is 0 Å². The van der Waals surface area contributed by atoms with Crippen molar-refractivity contribution in [3.63, 3.8) is 0 Å². The maximum Gasteiger partial charge on any atom is 0.155 e. The molecule has 1 aliphatic rings. The zero-order chi connectivity index (χ0) is 9.14. The Morgan fingerprint density at radius 1 is 1.67 bits per heavy atom. The molecular formula is C10H16BN. The van der Waals surface area contributed by atoms with E-state index in [9.17, 15) is 0 Å². The maximum absolute atomic E-state index is 3.93. The number of hydrogen-bond donors (Lipinski definition) is 1. The minimum Gasteiger partial charge on any atom is -0.359 e. The molecule has 1 nitrogen and oxygen atoms in total. The number of rotatable bonds is 3. The normalized spacial score (nSPS) is 17.2. The topological polar surface area (TPSA) is 12.0 Å². The van der Waals surface area contributed by atoms with Crippen molar-refractivity contribution < 1.29 is 0 Å². The summed E-state index contributed by atoms with van der Waals surface area (Å²) in [5.41, 5.74) is 5.12. The van der Waals surface area contributed by atoms with Crippen molar-refractivity contribution in [2.45, 2.75) is 27.1 Å². The summed E-state index contributed by atoms with van der Waals surface area (Å²) in [5.74, 6) is 0. The molecule has 0 fully saturated rings. The van der Waals surface area contributed by atoms with Gasteiger partial charge in [-0.2, -0.15) is 0 Å². The van der Waals surface area contributed by atoms with E-state index in [4.69, 9.17) is 0 Å². The second-order valence-electron chi connectivity index (χ2n) is 3.09. The Hall–Kier alpha value is -0.915. The van der Waals surface area contributed by atoms with E-state index in [1.807, 2.05) is 0 Å². The van der Waals surface area contributed by atoms with Crippen LogP contribution in [0.5, 0.6) is 0 Å². The van der Waals surface area contributed by atoms with Gasteiger partial charge < -0.3 is 5.32 Å². The third-order valence-corrected chi connectivity index (χ3v) is 2.17. The van der Waals surface area contributed by atoms with Gasteiger partial charge in [-0.15, -0.1) is 0 Å². The lowest BCUT2D eigenvalue weighted by Gasteiger charge is -2.28. The van der Waals surface area contributed by atoms with Crippen LogP contribution in [0.1, 0.15) is 20.3 Å². The third kappa shape index (κ3) is 1.47. The van der Waals surface area contributed by atoms with Gasteiger partial charge in [-0.05, 0) is 13.3 Å². The van der Waals surface area contributed by atoms with Gasteiger partial charge in [0.15, 0.2) is 7.28 Å². The molecule has 0 unspecified atom stereocenters. The van der Waals surface area contributed by atoms with E-state index in [1.54, 1.807) is 0 Å². The fraction of sp³-hybridized carbons (Fsp3) is 0.400. The molecule has 1 rings (SSSR count). The number of nitrogens with one attached hydrogen (secondary N) is 1. The minimum absolute atomic E-state index is 1.08. The van der Waals surface area contributed by atoms with Crippen LogP contribution < -0.4 is 5.32 Å². The van der Waals surface area contributed by atoms with Gasteiger partial charge >= 0.3 is 0 Å². The third-order valence-electron chi connectivity index (χ3n) is 2.17. The molecule has 0 saturated heterocycles. The van der Waals surface area contributed by atoms with Crippen LogP contribution in [0.2, 0.25) is 6.82 Å². The minimum atomic E-state index is 1.08. The van der Waals surface area contributed by atoms with Gasteiger partial charge in [-0.1, -0.05) is 31.9 Å². The first-order chi connectivity index (χ1) is 5.70. The molecule has 0 bridgehead atoms. The second-order valence-corrected chi connectivity index (χ2v) is 3.09. The molecule has 64 valence electrons. The zero-order valence-electron chi connectivity index (χ0n) is 8.20. The summed E-state index contributed by atoms with van der Waals surface area (Å²) in [6.45, 7) is 10.4. The zero-order valence-corrected chi connectivity index (χ0v) is 8.20. The summed E-state index contributed by atoms with van der Waals surface area (Å²) in [6, 6.07) is 0. The molecule has 12 heavy (non-hydrogen) atoms. The Bertz CT molecular complexity index is 261. The molecule has 1 heterocycles. The summed E-state index contributed by atoms with van der Waals surface area (Å²) in [7, 11) is 1.10. The van der Waals surface area contributed by atoms with Gasteiger partial charge in [-0.3, -0.25) is 0 Å². The summed E-state index contributed by atoms with van der Waals surface area (Å²) in [5, 5.41) is 3.17. The molecule has 2 heteroatoms. The smallest absolute Gasteiger partial charge is 0.155 e. The SMILES string of the molecule is C=C1NC(C)=C1/C(BC)=C/CC. The van der Waals surface area contributed by atoms with Crippen LogP contribution >= 0.6 is 0 Å². The predicted molar refractivity (Wildman–Crippen MR) is 56.4 cm³/mol. The van der Waals surface area contributed by atoms with Crippen molar-refractivity contribution in [2.24, 2.45) is 0 Å². The van der Waals surface area contributed by atoms with Crippen molar-refractivity contribution >= 4 is 7.28 Å². The lowest BCUT2D eigenvalue weighted by Crippen LogP contribution is -2.27. The van der Waals surface area contributed by atoms with Crippen LogP contribution in [-0.4, -0.2) is 7.28 Å². The quantitative estimate of drug-likeness (QED) is 0.625. The van der Waals surface area contributed by atoms with Crippen LogP contribution in [0.4, 0.5) is 0 Å². The predicted octanol–water partition coefficient (Wildman–Crippen LogP) is 2.16. The summed E-state index contributed by atoms with van der Waals surface area (Å²) in [6.07, 6.45) is 3.39. The highest BCUT2D eigenvalue weighted by Crippen LogP contribution is 2.27. The van der Waals surface area contributed by atoms with Crippen molar-refractivity contribution in [1.82, 2.24) is 5.32 Å². The molecule has 0 spiro atoms. The monoisotopic (exact) mass is 161 g/mol. The summed E-state index contributed by atoms with van der Waals surface area (Å²) in [4.78, 5) is 0. The van der Waals surface area contributed by atoms with Crippen LogP contribution in [0, 0.1) is 0 Å². The van der Waals surface area contributed by atoms with Crippen LogP contribution in [0.15, 0.2) is 35.1 Å². The highest BCUT2D eigenvalue weighted by Gasteiger charge is 2.19. The van der Waals surface area contributed by atoms with Crippen molar-refractivity contribution in [2.75, 3.05) is 0 Å². The number of allylic oxidation sites excluding steroid dienone is 3. The molecule has 0 aromatic carbocycles. The summed E-state index contributed by atoms with van der Waals surface area (Å²) >= 11 is 0. The fourth-order valence-corrected chi connectivity index (χ4v) is 1.62. The lowest BCUT2D eigenvalue weighted by atomic mass is 9.66. The molecule has 0 amide bonds.